The summed E-state index contributed by atoms with van der Waals surface area (Å²) in [6, 6.07) is 10.9. The zero-order valence-corrected chi connectivity index (χ0v) is 25.2. The van der Waals surface area contributed by atoms with Crippen LogP contribution in [-0.2, 0) is 19.5 Å². The van der Waals surface area contributed by atoms with Crippen LogP contribution in [-0.4, -0.2) is 82.4 Å². The Balaban J connectivity index is 1.07. The highest BCUT2D eigenvalue weighted by atomic mass is 32.1. The average Bonchev–Trinajstić information content (AvgIpc) is 3.59. The highest BCUT2D eigenvalue weighted by Crippen LogP contribution is 2.33. The molecule has 12 heteroatoms. The number of piperazine rings is 1. The van der Waals surface area contributed by atoms with Crippen LogP contribution < -0.4 is 10.6 Å². The number of rotatable bonds is 9. The van der Waals surface area contributed by atoms with Gasteiger partial charge in [-0.15, -0.1) is 11.3 Å². The Morgan fingerprint density at radius 3 is 2.58 bits per heavy atom. The van der Waals surface area contributed by atoms with Crippen LogP contribution in [0.25, 0.3) is 21.1 Å². The van der Waals surface area contributed by atoms with Crippen molar-refractivity contribution in [2.45, 2.75) is 57.9 Å². The number of aryl methyl sites for hydroxylation is 2. The Bertz CT molecular complexity index is 1610. The van der Waals surface area contributed by atoms with E-state index >= 15 is 0 Å². The first kappa shape index (κ1) is 29.8. The van der Waals surface area contributed by atoms with Gasteiger partial charge in [-0.25, -0.2) is 9.97 Å². The van der Waals surface area contributed by atoms with E-state index in [4.69, 9.17) is 0 Å². The number of alkyl halides is 3. The Hall–Kier alpha value is -3.24. The minimum Gasteiger partial charge on any atom is -0.367 e. The standard InChI is InChI=1S/C31H37F3N8S/c1-21-22(2-3-28-26(21)16-24(18-35)42(28)15-14-40-12-8-36-9-13-40)19-41-10-5-23(6-11-41)39-29-27-17-25(4-7-31(32,33)34)43-30(27)38-20-37-29/h2-3,16-17,20,23,36H,4-15,19H2,1H3,(H,37,38,39). The van der Waals surface area contributed by atoms with Crippen LogP contribution in [0.1, 0.15) is 41.0 Å². The largest absolute Gasteiger partial charge is 0.389 e. The van der Waals surface area contributed by atoms with Gasteiger partial charge < -0.3 is 15.2 Å². The Kier molecular flexibility index (Phi) is 8.86. The molecule has 0 saturated carbocycles. The van der Waals surface area contributed by atoms with Crippen molar-refractivity contribution >= 4 is 38.3 Å². The van der Waals surface area contributed by atoms with Gasteiger partial charge in [0.15, 0.2) is 0 Å². The monoisotopic (exact) mass is 610 g/mol. The number of nitrogens with one attached hydrogen (secondary N) is 2. The van der Waals surface area contributed by atoms with Gasteiger partial charge in [0.25, 0.3) is 0 Å². The lowest BCUT2D eigenvalue weighted by atomic mass is 10.0. The number of nitriles is 1. The highest BCUT2D eigenvalue weighted by molar-refractivity contribution is 7.18. The van der Waals surface area contributed by atoms with Crippen LogP contribution in [0.4, 0.5) is 19.0 Å². The third-order valence-electron chi connectivity index (χ3n) is 8.79. The van der Waals surface area contributed by atoms with E-state index in [-0.39, 0.29) is 12.5 Å². The number of hydrogen-bond acceptors (Lipinski definition) is 8. The second-order valence-electron chi connectivity index (χ2n) is 11.6. The molecule has 228 valence electrons. The molecule has 6 rings (SSSR count). The van der Waals surface area contributed by atoms with E-state index in [2.05, 4.69) is 60.1 Å². The van der Waals surface area contributed by atoms with E-state index in [1.807, 2.05) is 6.07 Å². The summed E-state index contributed by atoms with van der Waals surface area (Å²) in [4.78, 5) is 15.0. The first-order valence-corrected chi connectivity index (χ1v) is 15.8. The predicted molar refractivity (Wildman–Crippen MR) is 164 cm³/mol. The van der Waals surface area contributed by atoms with E-state index < -0.39 is 12.6 Å². The van der Waals surface area contributed by atoms with Gasteiger partial charge in [-0.05, 0) is 55.5 Å². The number of hydrogen-bond donors (Lipinski definition) is 2. The van der Waals surface area contributed by atoms with Crippen LogP contribution in [0.3, 0.4) is 0 Å². The van der Waals surface area contributed by atoms with Crippen LogP contribution in [0.15, 0.2) is 30.6 Å². The molecule has 2 aliphatic heterocycles. The SMILES string of the molecule is Cc1c(CN2CCC(Nc3ncnc4sc(CCC(F)(F)F)cc34)CC2)ccc2c1cc(C#N)n2CCN1CCNCC1. The maximum absolute atomic E-state index is 12.7. The quantitative estimate of drug-likeness (QED) is 0.266. The van der Waals surface area contributed by atoms with Crippen molar-refractivity contribution in [2.75, 3.05) is 51.1 Å². The summed E-state index contributed by atoms with van der Waals surface area (Å²) in [6.45, 7) is 10.7. The predicted octanol–water partition coefficient (Wildman–Crippen LogP) is 5.30. The molecule has 0 spiro atoms. The number of thiophene rings is 1. The van der Waals surface area contributed by atoms with Gasteiger partial charge in [-0.1, -0.05) is 6.07 Å². The molecule has 0 radical (unpaired) electrons. The molecule has 8 nitrogen and oxygen atoms in total. The molecule has 3 aromatic heterocycles. The number of fused-ring (bicyclic) bond motifs is 2. The topological polar surface area (TPSA) is 85.0 Å². The zero-order chi connectivity index (χ0) is 30.0. The van der Waals surface area contributed by atoms with Gasteiger partial charge in [0.05, 0.1) is 5.39 Å². The molecule has 2 aliphatic rings. The minimum atomic E-state index is -4.17. The van der Waals surface area contributed by atoms with E-state index in [1.54, 1.807) is 6.07 Å². The zero-order valence-electron chi connectivity index (χ0n) is 24.4. The van der Waals surface area contributed by atoms with Gasteiger partial charge in [0, 0.05) is 87.1 Å². The third-order valence-corrected chi connectivity index (χ3v) is 9.89. The number of anilines is 1. The fourth-order valence-corrected chi connectivity index (χ4v) is 7.28. The normalized spacial score (nSPS) is 17.6. The summed E-state index contributed by atoms with van der Waals surface area (Å²) in [5.74, 6) is 0.703. The Morgan fingerprint density at radius 2 is 1.84 bits per heavy atom. The maximum Gasteiger partial charge on any atom is 0.389 e. The van der Waals surface area contributed by atoms with Crippen molar-refractivity contribution in [1.29, 1.82) is 5.26 Å². The van der Waals surface area contributed by atoms with Gasteiger partial charge in [0.1, 0.15) is 28.7 Å². The molecule has 0 amide bonds. The van der Waals surface area contributed by atoms with E-state index in [1.165, 1.54) is 28.8 Å². The molecular formula is C31H37F3N8S. The van der Waals surface area contributed by atoms with Crippen LogP contribution in [0, 0.1) is 18.3 Å². The number of nitrogens with zero attached hydrogens (tertiary/aromatic N) is 6. The fourth-order valence-electron chi connectivity index (χ4n) is 6.28. The van der Waals surface area contributed by atoms with Crippen molar-refractivity contribution in [3.63, 3.8) is 0 Å². The van der Waals surface area contributed by atoms with Crippen molar-refractivity contribution in [3.8, 4) is 6.07 Å². The summed E-state index contributed by atoms with van der Waals surface area (Å²) in [6.07, 6.45) is -1.66. The number of aromatic nitrogens is 3. The summed E-state index contributed by atoms with van der Waals surface area (Å²) >= 11 is 1.31. The molecule has 0 bridgehead atoms. The van der Waals surface area contributed by atoms with Gasteiger partial charge in [-0.3, -0.25) is 9.80 Å². The Morgan fingerprint density at radius 1 is 1.05 bits per heavy atom. The lowest BCUT2D eigenvalue weighted by Crippen LogP contribution is -2.44. The van der Waals surface area contributed by atoms with Crippen molar-refractivity contribution in [2.24, 2.45) is 0 Å². The third kappa shape index (κ3) is 6.96. The maximum atomic E-state index is 12.7. The highest BCUT2D eigenvalue weighted by Gasteiger charge is 2.27. The molecule has 2 fully saturated rings. The van der Waals surface area contributed by atoms with E-state index in [0.29, 0.717) is 16.4 Å². The average molecular weight is 611 g/mol. The van der Waals surface area contributed by atoms with Crippen LogP contribution in [0.5, 0.6) is 0 Å². The molecule has 2 N–H and O–H groups in total. The molecule has 1 aromatic carbocycles. The second-order valence-corrected chi connectivity index (χ2v) is 12.7. The van der Waals surface area contributed by atoms with E-state index in [9.17, 15) is 18.4 Å². The van der Waals surface area contributed by atoms with Crippen LogP contribution >= 0.6 is 11.3 Å². The molecule has 2 saturated heterocycles. The van der Waals surface area contributed by atoms with Gasteiger partial charge in [0.2, 0.25) is 0 Å². The first-order valence-electron chi connectivity index (χ1n) is 15.0. The molecule has 0 atom stereocenters. The summed E-state index contributed by atoms with van der Waals surface area (Å²) in [5, 5.41) is 18.8. The minimum absolute atomic E-state index is 0.0351. The lowest BCUT2D eigenvalue weighted by molar-refractivity contribution is -0.133. The summed E-state index contributed by atoms with van der Waals surface area (Å²) in [5.41, 5.74) is 4.36. The molecule has 43 heavy (non-hydrogen) atoms. The summed E-state index contributed by atoms with van der Waals surface area (Å²) in [7, 11) is 0. The molecule has 0 unspecified atom stereocenters. The number of halogens is 3. The smallest absolute Gasteiger partial charge is 0.367 e. The molecule has 0 aliphatic carbocycles. The fraction of sp³-hybridized carbons (Fsp3) is 0.516. The van der Waals surface area contributed by atoms with Crippen molar-refractivity contribution in [3.05, 3.63) is 52.3 Å². The lowest BCUT2D eigenvalue weighted by Gasteiger charge is -2.33. The number of piperidine rings is 1. The Labute approximate surface area is 253 Å². The number of benzene rings is 1. The van der Waals surface area contributed by atoms with Crippen molar-refractivity contribution < 1.29 is 13.2 Å². The van der Waals surface area contributed by atoms with Gasteiger partial charge >= 0.3 is 6.18 Å². The molecular weight excluding hydrogens is 573 g/mol. The first-order chi connectivity index (χ1) is 20.8. The summed E-state index contributed by atoms with van der Waals surface area (Å²) < 4.78 is 40.3. The molecule has 5 heterocycles. The second kappa shape index (κ2) is 12.8. The van der Waals surface area contributed by atoms with Crippen molar-refractivity contribution in [1.82, 2.24) is 29.7 Å². The van der Waals surface area contributed by atoms with Crippen LogP contribution in [0.2, 0.25) is 0 Å². The molecule has 4 aromatic rings. The van der Waals surface area contributed by atoms with E-state index in [0.717, 1.165) is 92.9 Å². The number of likely N-dealkylation sites (tertiary alicyclic amines) is 1. The van der Waals surface area contributed by atoms with Gasteiger partial charge in [-0.2, -0.15) is 18.4 Å².